The predicted octanol–water partition coefficient (Wildman–Crippen LogP) is 2.70. The fourth-order valence-corrected chi connectivity index (χ4v) is 4.28. The van der Waals surface area contributed by atoms with Crippen LogP contribution in [0.4, 0.5) is 0 Å². The summed E-state index contributed by atoms with van der Waals surface area (Å²) in [5, 5.41) is 5.81. The van der Waals surface area contributed by atoms with Gasteiger partial charge in [-0.1, -0.05) is 37.8 Å². The lowest BCUT2D eigenvalue weighted by Gasteiger charge is -2.38. The van der Waals surface area contributed by atoms with Crippen LogP contribution < -0.4 is 15.4 Å². The fourth-order valence-electron chi connectivity index (χ4n) is 4.28. The van der Waals surface area contributed by atoms with Crippen LogP contribution in [-0.4, -0.2) is 44.7 Å². The average Bonchev–Trinajstić information content (AvgIpc) is 3.01. The number of hydrogen-bond acceptors (Lipinski definition) is 4. The Bertz CT molecular complexity index is 645. The fraction of sp³-hybridized carbons (Fsp3) is 0.636. The molecule has 6 nitrogen and oxygen atoms in total. The van der Waals surface area contributed by atoms with Crippen molar-refractivity contribution >= 4 is 11.8 Å². The molecule has 2 aliphatic rings. The van der Waals surface area contributed by atoms with Crippen molar-refractivity contribution in [2.45, 2.75) is 62.8 Å². The van der Waals surface area contributed by atoms with E-state index < -0.39 is 11.8 Å². The second-order valence-corrected chi connectivity index (χ2v) is 7.97. The van der Waals surface area contributed by atoms with Gasteiger partial charge in [0.05, 0.1) is 7.11 Å². The van der Waals surface area contributed by atoms with E-state index in [0.29, 0.717) is 19.8 Å². The van der Waals surface area contributed by atoms with Crippen molar-refractivity contribution in [3.63, 3.8) is 0 Å². The van der Waals surface area contributed by atoms with Crippen molar-refractivity contribution in [2.24, 2.45) is 0 Å². The molecule has 28 heavy (non-hydrogen) atoms. The van der Waals surface area contributed by atoms with E-state index in [0.717, 1.165) is 49.8 Å². The second-order valence-electron chi connectivity index (χ2n) is 7.97. The normalized spacial score (nSPS) is 20.0. The van der Waals surface area contributed by atoms with Crippen LogP contribution in [-0.2, 0) is 19.7 Å². The zero-order chi connectivity index (χ0) is 19.8. The maximum atomic E-state index is 12.4. The van der Waals surface area contributed by atoms with Crippen molar-refractivity contribution in [3.05, 3.63) is 29.8 Å². The highest BCUT2D eigenvalue weighted by molar-refractivity contribution is 6.35. The first-order valence-corrected chi connectivity index (χ1v) is 10.4. The van der Waals surface area contributed by atoms with Gasteiger partial charge in [0.25, 0.3) is 0 Å². The van der Waals surface area contributed by atoms with E-state index >= 15 is 0 Å². The third-order valence-electron chi connectivity index (χ3n) is 6.14. The molecule has 1 aromatic carbocycles. The number of ether oxygens (including phenoxy) is 2. The minimum Gasteiger partial charge on any atom is -0.497 e. The number of rotatable bonds is 5. The maximum Gasteiger partial charge on any atom is 0.309 e. The molecule has 0 atom stereocenters. The highest BCUT2D eigenvalue weighted by Gasteiger charge is 2.35. The van der Waals surface area contributed by atoms with Gasteiger partial charge in [0.1, 0.15) is 5.75 Å². The Balaban J connectivity index is 1.61. The quantitative estimate of drug-likeness (QED) is 0.601. The summed E-state index contributed by atoms with van der Waals surface area (Å²) in [6, 6.07) is 8.09. The molecule has 1 saturated heterocycles. The summed E-state index contributed by atoms with van der Waals surface area (Å²) < 4.78 is 10.8. The molecule has 1 aromatic rings. The lowest BCUT2D eigenvalue weighted by Crippen LogP contribution is -2.50. The third kappa shape index (κ3) is 5.25. The van der Waals surface area contributed by atoms with Crippen LogP contribution in [0.25, 0.3) is 0 Å². The first-order chi connectivity index (χ1) is 13.6. The molecule has 1 aliphatic carbocycles. The third-order valence-corrected chi connectivity index (χ3v) is 6.14. The van der Waals surface area contributed by atoms with Crippen LogP contribution in [0.15, 0.2) is 24.3 Å². The summed E-state index contributed by atoms with van der Waals surface area (Å²) in [5.74, 6) is -0.245. The summed E-state index contributed by atoms with van der Waals surface area (Å²) in [7, 11) is 1.65. The van der Waals surface area contributed by atoms with E-state index in [1.54, 1.807) is 7.11 Å². The Morgan fingerprint density at radius 3 is 2.29 bits per heavy atom. The summed E-state index contributed by atoms with van der Waals surface area (Å²) in [5.41, 5.74) is 0.920. The van der Waals surface area contributed by atoms with Crippen LogP contribution >= 0.6 is 0 Å². The van der Waals surface area contributed by atoms with Crippen molar-refractivity contribution < 1.29 is 19.1 Å². The minimum atomic E-state index is -0.538. The van der Waals surface area contributed by atoms with Crippen molar-refractivity contribution in [2.75, 3.05) is 26.9 Å². The van der Waals surface area contributed by atoms with Crippen LogP contribution in [0.1, 0.15) is 56.9 Å². The molecule has 154 valence electrons. The molecule has 2 amide bonds. The van der Waals surface area contributed by atoms with Crippen molar-refractivity contribution in [3.8, 4) is 5.75 Å². The average molecular weight is 389 g/mol. The Labute approximate surface area is 167 Å². The SMILES string of the molecule is COc1ccc(C2(CNC(=O)C(=O)NC3CCCCCC3)CCOCC2)cc1. The highest BCUT2D eigenvalue weighted by atomic mass is 16.5. The van der Waals surface area contributed by atoms with Crippen LogP contribution in [0, 0.1) is 0 Å². The van der Waals surface area contributed by atoms with E-state index in [1.165, 1.54) is 12.8 Å². The van der Waals surface area contributed by atoms with Gasteiger partial charge in [-0.05, 0) is 43.4 Å². The van der Waals surface area contributed by atoms with E-state index in [-0.39, 0.29) is 11.5 Å². The van der Waals surface area contributed by atoms with Crippen molar-refractivity contribution in [1.29, 1.82) is 0 Å². The van der Waals surface area contributed by atoms with Crippen LogP contribution in [0.5, 0.6) is 5.75 Å². The first kappa shape index (κ1) is 20.6. The maximum absolute atomic E-state index is 12.4. The van der Waals surface area contributed by atoms with Crippen LogP contribution in [0.3, 0.4) is 0 Å². The summed E-state index contributed by atoms with van der Waals surface area (Å²) >= 11 is 0. The zero-order valence-electron chi connectivity index (χ0n) is 16.8. The van der Waals surface area contributed by atoms with Gasteiger partial charge >= 0.3 is 11.8 Å². The molecule has 1 heterocycles. The number of methoxy groups -OCH3 is 1. The molecule has 6 heteroatoms. The van der Waals surface area contributed by atoms with Gasteiger partial charge in [-0.25, -0.2) is 0 Å². The molecular weight excluding hydrogens is 356 g/mol. The molecule has 1 saturated carbocycles. The molecule has 0 unspecified atom stereocenters. The van der Waals surface area contributed by atoms with E-state index in [1.807, 2.05) is 24.3 Å². The van der Waals surface area contributed by atoms with Gasteiger partial charge in [0, 0.05) is 31.2 Å². The number of hydrogen-bond donors (Lipinski definition) is 2. The summed E-state index contributed by atoms with van der Waals surface area (Å²) in [6.07, 6.45) is 8.21. The molecule has 0 bridgehead atoms. The Hall–Kier alpha value is -2.08. The lowest BCUT2D eigenvalue weighted by atomic mass is 9.74. The molecular formula is C22H32N2O4. The smallest absolute Gasteiger partial charge is 0.309 e. The van der Waals surface area contributed by atoms with Crippen molar-refractivity contribution in [1.82, 2.24) is 10.6 Å². The number of carbonyl (C=O) groups is 2. The first-order valence-electron chi connectivity index (χ1n) is 10.4. The zero-order valence-corrected chi connectivity index (χ0v) is 16.8. The second kappa shape index (κ2) is 9.92. The lowest BCUT2D eigenvalue weighted by molar-refractivity contribution is -0.140. The van der Waals surface area contributed by atoms with Gasteiger partial charge < -0.3 is 20.1 Å². The molecule has 0 spiro atoms. The Morgan fingerprint density at radius 1 is 1.04 bits per heavy atom. The minimum absolute atomic E-state index is 0.124. The van der Waals surface area contributed by atoms with Gasteiger partial charge in [0.2, 0.25) is 0 Å². The topological polar surface area (TPSA) is 76.7 Å². The van der Waals surface area contributed by atoms with Gasteiger partial charge in [-0.2, -0.15) is 0 Å². The van der Waals surface area contributed by atoms with Gasteiger partial charge in [0.15, 0.2) is 0 Å². The summed E-state index contributed by atoms with van der Waals surface area (Å²) in [6.45, 7) is 1.73. The highest BCUT2D eigenvalue weighted by Crippen LogP contribution is 2.35. The molecule has 0 aromatic heterocycles. The number of carbonyl (C=O) groups excluding carboxylic acids is 2. The van der Waals surface area contributed by atoms with E-state index in [4.69, 9.17) is 9.47 Å². The largest absolute Gasteiger partial charge is 0.497 e. The standard InChI is InChI=1S/C22H32N2O4/c1-27-19-10-8-17(9-11-19)22(12-14-28-15-13-22)16-23-20(25)21(26)24-18-6-4-2-3-5-7-18/h8-11,18H,2-7,12-16H2,1H3,(H,23,25)(H,24,26). The molecule has 1 aliphatic heterocycles. The van der Waals surface area contributed by atoms with Gasteiger partial charge in [-0.3, -0.25) is 9.59 Å². The molecule has 0 radical (unpaired) electrons. The molecule has 2 N–H and O–H groups in total. The monoisotopic (exact) mass is 388 g/mol. The van der Waals surface area contributed by atoms with Gasteiger partial charge in [-0.15, -0.1) is 0 Å². The van der Waals surface area contributed by atoms with E-state index in [2.05, 4.69) is 10.6 Å². The predicted molar refractivity (Wildman–Crippen MR) is 107 cm³/mol. The van der Waals surface area contributed by atoms with E-state index in [9.17, 15) is 9.59 Å². The number of amides is 2. The summed E-state index contributed by atoms with van der Waals surface area (Å²) in [4.78, 5) is 24.8. The number of nitrogens with one attached hydrogen (secondary N) is 2. The molecule has 2 fully saturated rings. The Morgan fingerprint density at radius 2 is 1.68 bits per heavy atom. The Kier molecular flexibility index (Phi) is 7.31. The number of benzene rings is 1. The molecule has 3 rings (SSSR count). The van der Waals surface area contributed by atoms with Crippen LogP contribution in [0.2, 0.25) is 0 Å².